The number of hydrogen-bond donors (Lipinski definition) is 1. The van der Waals surface area contributed by atoms with Crippen molar-refractivity contribution in [1.29, 1.82) is 0 Å². The van der Waals surface area contributed by atoms with Crippen LogP contribution in [0.1, 0.15) is 37.9 Å². The zero-order valence-electron chi connectivity index (χ0n) is 12.1. The number of rotatable bonds is 5. The monoisotopic (exact) mass is 289 g/mol. The largest absolute Gasteiger partial charge is 0.360 e. The summed E-state index contributed by atoms with van der Waals surface area (Å²) in [4.78, 5) is 8.58. The Hall–Kier alpha value is -1.61. The number of hydrogen-bond acceptors (Lipinski definition) is 3. The van der Waals surface area contributed by atoms with E-state index in [2.05, 4.69) is 48.2 Å². The molecule has 4 heteroatoms. The number of nitrogens with zero attached hydrogens (tertiary/aromatic N) is 2. The number of alkyl halides is 1. The van der Waals surface area contributed by atoms with Gasteiger partial charge < -0.3 is 5.32 Å². The fourth-order valence-electron chi connectivity index (χ4n) is 2.03. The Labute approximate surface area is 125 Å². The van der Waals surface area contributed by atoms with Gasteiger partial charge in [-0.1, -0.05) is 44.2 Å². The van der Waals surface area contributed by atoms with Crippen LogP contribution in [0.5, 0.6) is 0 Å². The molecule has 0 aliphatic rings. The molecule has 3 nitrogen and oxygen atoms in total. The van der Waals surface area contributed by atoms with Crippen molar-refractivity contribution in [2.45, 2.75) is 32.2 Å². The minimum atomic E-state index is -0.356. The third-order valence-corrected chi connectivity index (χ3v) is 3.90. The first kappa shape index (κ1) is 14.8. The van der Waals surface area contributed by atoms with Crippen molar-refractivity contribution in [3.8, 4) is 0 Å². The smallest absolute Gasteiger partial charge is 0.130 e. The summed E-state index contributed by atoms with van der Waals surface area (Å²) in [6, 6.07) is 12.2. The summed E-state index contributed by atoms with van der Waals surface area (Å²) in [5, 5.41) is 3.43. The molecule has 1 atom stereocenters. The summed E-state index contributed by atoms with van der Waals surface area (Å²) in [5.41, 5.74) is 1.80. The van der Waals surface area contributed by atoms with Gasteiger partial charge in [-0.3, -0.25) is 0 Å². The molecule has 1 N–H and O–H groups in total. The van der Waals surface area contributed by atoms with Crippen LogP contribution in [0.15, 0.2) is 42.7 Å². The molecule has 1 aromatic carbocycles. The maximum absolute atomic E-state index is 6.19. The zero-order valence-corrected chi connectivity index (χ0v) is 12.9. The zero-order chi connectivity index (χ0) is 14.6. The van der Waals surface area contributed by atoms with E-state index in [0.29, 0.717) is 11.8 Å². The molecule has 1 unspecified atom stereocenters. The molecule has 2 aromatic rings. The number of anilines is 1. The van der Waals surface area contributed by atoms with Gasteiger partial charge in [0.15, 0.2) is 0 Å². The van der Waals surface area contributed by atoms with Crippen molar-refractivity contribution in [3.63, 3.8) is 0 Å². The first-order valence-electron chi connectivity index (χ1n) is 6.77. The van der Waals surface area contributed by atoms with E-state index < -0.39 is 0 Å². The second-order valence-corrected chi connectivity index (χ2v) is 5.71. The van der Waals surface area contributed by atoms with E-state index in [1.165, 1.54) is 0 Å². The molecular formula is C16H20ClN3. The maximum atomic E-state index is 6.19. The van der Waals surface area contributed by atoms with Crippen molar-refractivity contribution in [1.82, 2.24) is 9.97 Å². The Morgan fingerprint density at radius 2 is 1.90 bits per heavy atom. The highest BCUT2D eigenvalue weighted by molar-refractivity contribution is 6.18. The summed E-state index contributed by atoms with van der Waals surface area (Å²) >= 11 is 6.19. The molecule has 0 radical (unpaired) electrons. The molecule has 0 spiro atoms. The van der Waals surface area contributed by atoms with Crippen LogP contribution >= 0.6 is 11.6 Å². The third kappa shape index (κ3) is 3.28. The average molecular weight is 290 g/mol. The van der Waals surface area contributed by atoms with Crippen molar-refractivity contribution in [2.24, 2.45) is 0 Å². The van der Waals surface area contributed by atoms with Crippen LogP contribution in [0, 0.1) is 0 Å². The maximum Gasteiger partial charge on any atom is 0.130 e. The van der Waals surface area contributed by atoms with Gasteiger partial charge >= 0.3 is 0 Å². The summed E-state index contributed by atoms with van der Waals surface area (Å²) in [7, 11) is 0. The van der Waals surface area contributed by atoms with Gasteiger partial charge in [-0.05, 0) is 18.4 Å². The summed E-state index contributed by atoms with van der Waals surface area (Å²) in [5.74, 6) is 1.63. The Balaban J connectivity index is 2.28. The molecule has 0 saturated heterocycles. The molecule has 0 fully saturated rings. The topological polar surface area (TPSA) is 37.8 Å². The molecule has 0 bridgehead atoms. The SMILES string of the molecule is CC(C)c1cc(NC(C)(CCl)c2ccccc2)ncn1. The van der Waals surface area contributed by atoms with E-state index in [0.717, 1.165) is 17.1 Å². The molecule has 0 saturated carbocycles. The molecule has 1 aromatic heterocycles. The molecule has 106 valence electrons. The first-order chi connectivity index (χ1) is 9.55. The van der Waals surface area contributed by atoms with E-state index in [4.69, 9.17) is 11.6 Å². The van der Waals surface area contributed by atoms with Crippen LogP contribution < -0.4 is 5.32 Å². The van der Waals surface area contributed by atoms with Gasteiger partial charge in [-0.2, -0.15) is 0 Å². The van der Waals surface area contributed by atoms with Gasteiger partial charge in [0.1, 0.15) is 12.1 Å². The predicted octanol–water partition coefficient (Wildman–Crippen LogP) is 4.17. The van der Waals surface area contributed by atoms with Crippen LogP contribution in [0.3, 0.4) is 0 Å². The highest BCUT2D eigenvalue weighted by atomic mass is 35.5. The van der Waals surface area contributed by atoms with E-state index in [-0.39, 0.29) is 5.54 Å². The Kier molecular flexibility index (Phi) is 4.61. The Morgan fingerprint density at radius 1 is 1.20 bits per heavy atom. The average Bonchev–Trinajstić information content (AvgIpc) is 2.48. The standard InChI is InChI=1S/C16H20ClN3/c1-12(2)14-9-15(19-11-18-14)20-16(3,10-17)13-7-5-4-6-8-13/h4-9,11-12H,10H2,1-3H3,(H,18,19,20). The molecular weight excluding hydrogens is 270 g/mol. The predicted molar refractivity (Wildman–Crippen MR) is 84.3 cm³/mol. The quantitative estimate of drug-likeness (QED) is 0.840. The lowest BCUT2D eigenvalue weighted by molar-refractivity contribution is 0.612. The minimum absolute atomic E-state index is 0.356. The van der Waals surface area contributed by atoms with Crippen LogP contribution in [0.25, 0.3) is 0 Å². The molecule has 0 amide bonds. The highest BCUT2D eigenvalue weighted by Crippen LogP contribution is 2.27. The van der Waals surface area contributed by atoms with Crippen molar-refractivity contribution in [2.75, 3.05) is 11.2 Å². The lowest BCUT2D eigenvalue weighted by Crippen LogP contribution is -2.34. The van der Waals surface area contributed by atoms with E-state index in [9.17, 15) is 0 Å². The van der Waals surface area contributed by atoms with E-state index in [1.807, 2.05) is 24.3 Å². The second kappa shape index (κ2) is 6.23. The fraction of sp³-hybridized carbons (Fsp3) is 0.375. The summed E-state index contributed by atoms with van der Waals surface area (Å²) < 4.78 is 0. The van der Waals surface area contributed by atoms with Crippen molar-refractivity contribution < 1.29 is 0 Å². The number of nitrogens with one attached hydrogen (secondary N) is 1. The van der Waals surface area contributed by atoms with Gasteiger partial charge in [-0.15, -0.1) is 11.6 Å². The molecule has 1 heterocycles. The summed E-state index contributed by atoms with van der Waals surface area (Å²) in [6.07, 6.45) is 1.59. The second-order valence-electron chi connectivity index (χ2n) is 5.44. The fourth-order valence-corrected chi connectivity index (χ4v) is 2.25. The van der Waals surface area contributed by atoms with Crippen molar-refractivity contribution in [3.05, 3.63) is 54.0 Å². The minimum Gasteiger partial charge on any atom is -0.360 e. The Morgan fingerprint density at radius 3 is 2.50 bits per heavy atom. The van der Waals surface area contributed by atoms with Gasteiger partial charge in [0.2, 0.25) is 0 Å². The normalized spacial score (nSPS) is 14.1. The number of benzene rings is 1. The van der Waals surface area contributed by atoms with Gasteiger partial charge in [0, 0.05) is 17.6 Å². The molecule has 0 aliphatic heterocycles. The molecule has 20 heavy (non-hydrogen) atoms. The number of halogens is 1. The first-order valence-corrected chi connectivity index (χ1v) is 7.30. The lowest BCUT2D eigenvalue weighted by atomic mass is 9.94. The summed E-state index contributed by atoms with van der Waals surface area (Å²) in [6.45, 7) is 6.31. The molecule has 2 rings (SSSR count). The highest BCUT2D eigenvalue weighted by Gasteiger charge is 2.25. The van der Waals surface area contributed by atoms with Gasteiger partial charge in [0.05, 0.1) is 5.54 Å². The Bertz CT molecular complexity index is 557. The van der Waals surface area contributed by atoms with E-state index >= 15 is 0 Å². The van der Waals surface area contributed by atoms with Crippen LogP contribution in [0.4, 0.5) is 5.82 Å². The van der Waals surface area contributed by atoms with Gasteiger partial charge in [-0.25, -0.2) is 9.97 Å². The van der Waals surface area contributed by atoms with Crippen molar-refractivity contribution >= 4 is 17.4 Å². The third-order valence-electron chi connectivity index (χ3n) is 3.36. The molecule has 0 aliphatic carbocycles. The van der Waals surface area contributed by atoms with Crippen LogP contribution in [-0.2, 0) is 5.54 Å². The lowest BCUT2D eigenvalue weighted by Gasteiger charge is -2.30. The van der Waals surface area contributed by atoms with E-state index in [1.54, 1.807) is 6.33 Å². The van der Waals surface area contributed by atoms with Crippen LogP contribution in [-0.4, -0.2) is 15.8 Å². The van der Waals surface area contributed by atoms with Crippen LogP contribution in [0.2, 0.25) is 0 Å². The van der Waals surface area contributed by atoms with Gasteiger partial charge in [0.25, 0.3) is 0 Å². The number of aromatic nitrogens is 2.